The van der Waals surface area contributed by atoms with E-state index in [9.17, 15) is 4.79 Å². The number of fused-ring (bicyclic) bond motifs is 4. The Labute approximate surface area is 155 Å². The number of nitrogens with zero attached hydrogens (tertiary/aromatic N) is 4. The minimum Gasteiger partial charge on any atom is -0.455 e. The molecule has 132 valence electrons. The number of aliphatic imine (C=N–C) groups is 1. The number of ether oxygens (including phenoxy) is 1. The molecule has 0 saturated carbocycles. The average Bonchev–Trinajstić information content (AvgIpc) is 2.94. The molecule has 2 aliphatic rings. The van der Waals surface area contributed by atoms with Gasteiger partial charge in [0.05, 0.1) is 6.20 Å². The van der Waals surface area contributed by atoms with E-state index in [4.69, 9.17) is 10.5 Å². The van der Waals surface area contributed by atoms with Crippen LogP contribution >= 0.6 is 0 Å². The van der Waals surface area contributed by atoms with Crippen LogP contribution < -0.4 is 10.5 Å². The first-order chi connectivity index (χ1) is 13.1. The smallest absolute Gasteiger partial charge is 0.266 e. The molecule has 7 nitrogen and oxygen atoms in total. The monoisotopic (exact) mass is 357 g/mol. The minimum absolute atomic E-state index is 0.169. The number of nitrogens with two attached hydrogens (primary N) is 1. The first-order valence-corrected chi connectivity index (χ1v) is 8.42. The van der Waals surface area contributed by atoms with Crippen molar-refractivity contribution in [1.29, 1.82) is 0 Å². The molecule has 0 aliphatic carbocycles. The Morgan fingerprint density at radius 2 is 1.85 bits per heavy atom. The molecule has 1 aromatic carbocycles. The molecule has 2 N–H and O–H groups in total. The molecule has 3 aromatic rings. The van der Waals surface area contributed by atoms with E-state index >= 15 is 0 Å². The van der Waals surface area contributed by atoms with Crippen LogP contribution in [0.3, 0.4) is 0 Å². The van der Waals surface area contributed by atoms with Crippen molar-refractivity contribution in [2.24, 2.45) is 10.7 Å². The molecule has 5 rings (SSSR count). The van der Waals surface area contributed by atoms with Gasteiger partial charge in [-0.15, -0.1) is 0 Å². The molecular weight excluding hydrogens is 342 g/mol. The predicted molar refractivity (Wildman–Crippen MR) is 99.2 cm³/mol. The number of hydrogen-bond acceptors (Lipinski definition) is 6. The van der Waals surface area contributed by atoms with Crippen molar-refractivity contribution < 1.29 is 9.53 Å². The number of carbonyl (C=O) groups excluding carboxylic acids is 1. The Balaban J connectivity index is 1.81. The van der Waals surface area contributed by atoms with Crippen LogP contribution in [-0.2, 0) is 10.3 Å². The fourth-order valence-electron chi connectivity index (χ4n) is 3.63. The van der Waals surface area contributed by atoms with Crippen LogP contribution in [0.1, 0.15) is 11.1 Å². The number of pyridine rings is 2. The van der Waals surface area contributed by atoms with Crippen LogP contribution in [0.4, 0.5) is 0 Å². The minimum atomic E-state index is -1.27. The van der Waals surface area contributed by atoms with Crippen LogP contribution in [-0.4, -0.2) is 33.8 Å². The summed E-state index contributed by atoms with van der Waals surface area (Å²) in [5.41, 5.74) is 7.89. The Bertz CT molecular complexity index is 1110. The van der Waals surface area contributed by atoms with Gasteiger partial charge in [0.1, 0.15) is 5.75 Å². The molecule has 0 bridgehead atoms. The molecule has 0 saturated heterocycles. The summed E-state index contributed by atoms with van der Waals surface area (Å²) in [5, 5.41) is 0. The third kappa shape index (κ3) is 2.02. The number of guanidine groups is 1. The molecule has 1 atom stereocenters. The number of benzene rings is 1. The van der Waals surface area contributed by atoms with Gasteiger partial charge in [0.2, 0.25) is 5.54 Å². The zero-order valence-electron chi connectivity index (χ0n) is 14.5. The number of likely N-dealkylation sites (N-methyl/N-ethyl adjacent to an activating group) is 1. The van der Waals surface area contributed by atoms with Crippen molar-refractivity contribution in [3.8, 4) is 22.6 Å². The second-order valence-electron chi connectivity index (χ2n) is 6.47. The molecule has 4 heterocycles. The molecule has 2 aromatic heterocycles. The number of aromatic nitrogens is 2. The topological polar surface area (TPSA) is 93.7 Å². The fraction of sp³-hybridized carbons (Fsp3) is 0.100. The van der Waals surface area contributed by atoms with E-state index in [0.717, 1.165) is 11.1 Å². The van der Waals surface area contributed by atoms with Gasteiger partial charge in [-0.3, -0.25) is 19.7 Å². The van der Waals surface area contributed by atoms with E-state index in [0.29, 0.717) is 22.6 Å². The Hall–Kier alpha value is -3.74. The maximum absolute atomic E-state index is 13.3. The third-order valence-corrected chi connectivity index (χ3v) is 5.00. The number of amides is 1. The molecule has 0 fully saturated rings. The van der Waals surface area contributed by atoms with E-state index in [1.165, 1.54) is 4.90 Å². The normalized spacial score (nSPS) is 20.1. The summed E-state index contributed by atoms with van der Waals surface area (Å²) in [4.78, 5) is 27.6. The van der Waals surface area contributed by atoms with Gasteiger partial charge in [-0.2, -0.15) is 0 Å². The lowest BCUT2D eigenvalue weighted by Gasteiger charge is -2.33. The zero-order chi connectivity index (χ0) is 18.6. The summed E-state index contributed by atoms with van der Waals surface area (Å²) in [6.07, 6.45) is 6.70. The molecule has 1 unspecified atom stereocenters. The van der Waals surface area contributed by atoms with Crippen LogP contribution in [0, 0.1) is 0 Å². The van der Waals surface area contributed by atoms with Crippen LogP contribution in [0.2, 0.25) is 0 Å². The van der Waals surface area contributed by atoms with Crippen molar-refractivity contribution in [3.63, 3.8) is 0 Å². The molecular formula is C20H15N5O2. The molecule has 0 radical (unpaired) electrons. The largest absolute Gasteiger partial charge is 0.455 e. The third-order valence-electron chi connectivity index (χ3n) is 5.00. The highest BCUT2D eigenvalue weighted by Gasteiger charge is 2.54. The van der Waals surface area contributed by atoms with E-state index in [2.05, 4.69) is 15.0 Å². The van der Waals surface area contributed by atoms with Gasteiger partial charge in [-0.1, -0.05) is 12.1 Å². The average molecular weight is 357 g/mol. The lowest BCUT2D eigenvalue weighted by molar-refractivity contribution is -0.129. The SMILES string of the molecule is CN1C(=O)C2(N=C1N)c1ccncc1Oc1ccc(-c3cccnc3)cc12. The molecule has 1 amide bonds. The van der Waals surface area contributed by atoms with Gasteiger partial charge in [0.25, 0.3) is 5.91 Å². The molecule has 7 heteroatoms. The van der Waals surface area contributed by atoms with Crippen molar-refractivity contribution in [2.75, 3.05) is 7.05 Å². The standard InChI is InChI=1S/C20H15N5O2/c1-25-18(26)20(24-19(25)21)14-6-8-23-11-17(14)27-16-5-4-12(9-15(16)20)13-3-2-7-22-10-13/h2-11H,1H3,(H2,21,24). The quantitative estimate of drug-likeness (QED) is 0.721. The number of hydrogen-bond donors (Lipinski definition) is 1. The summed E-state index contributed by atoms with van der Waals surface area (Å²) in [7, 11) is 1.62. The summed E-state index contributed by atoms with van der Waals surface area (Å²) in [6.45, 7) is 0. The van der Waals surface area contributed by atoms with Crippen molar-refractivity contribution >= 4 is 11.9 Å². The highest BCUT2D eigenvalue weighted by atomic mass is 16.5. The number of rotatable bonds is 1. The highest BCUT2D eigenvalue weighted by Crippen LogP contribution is 2.52. The van der Waals surface area contributed by atoms with Crippen LogP contribution in [0.15, 0.2) is 66.2 Å². The maximum atomic E-state index is 13.3. The summed E-state index contributed by atoms with van der Waals surface area (Å²) in [5.74, 6) is 1.00. The number of carbonyl (C=O) groups is 1. The van der Waals surface area contributed by atoms with Gasteiger partial charge in [-0.05, 0) is 29.8 Å². The highest BCUT2D eigenvalue weighted by molar-refractivity contribution is 6.10. The van der Waals surface area contributed by atoms with E-state index in [1.807, 2.05) is 30.3 Å². The van der Waals surface area contributed by atoms with Gasteiger partial charge < -0.3 is 10.5 Å². The van der Waals surface area contributed by atoms with E-state index in [-0.39, 0.29) is 11.9 Å². The predicted octanol–water partition coefficient (Wildman–Crippen LogP) is 2.28. The molecule has 1 spiro atoms. The van der Waals surface area contributed by atoms with Crippen LogP contribution in [0.5, 0.6) is 11.5 Å². The first kappa shape index (κ1) is 15.5. The second-order valence-corrected chi connectivity index (χ2v) is 6.47. The zero-order valence-corrected chi connectivity index (χ0v) is 14.5. The van der Waals surface area contributed by atoms with Crippen LogP contribution in [0.25, 0.3) is 11.1 Å². The van der Waals surface area contributed by atoms with Crippen molar-refractivity contribution in [2.45, 2.75) is 5.54 Å². The molecule has 27 heavy (non-hydrogen) atoms. The fourth-order valence-corrected chi connectivity index (χ4v) is 3.63. The van der Waals surface area contributed by atoms with Gasteiger partial charge in [0, 0.05) is 42.3 Å². The summed E-state index contributed by atoms with van der Waals surface area (Å²) < 4.78 is 6.01. The van der Waals surface area contributed by atoms with E-state index < -0.39 is 5.54 Å². The van der Waals surface area contributed by atoms with Crippen molar-refractivity contribution in [1.82, 2.24) is 14.9 Å². The lowest BCUT2D eigenvalue weighted by atomic mass is 9.79. The Morgan fingerprint density at radius 1 is 1.00 bits per heavy atom. The lowest BCUT2D eigenvalue weighted by Crippen LogP contribution is -2.42. The van der Waals surface area contributed by atoms with Gasteiger partial charge in [-0.25, -0.2) is 4.99 Å². The van der Waals surface area contributed by atoms with E-state index in [1.54, 1.807) is 37.9 Å². The molecule has 2 aliphatic heterocycles. The first-order valence-electron chi connectivity index (χ1n) is 8.42. The van der Waals surface area contributed by atoms with Crippen molar-refractivity contribution in [3.05, 3.63) is 72.3 Å². The second kappa shape index (κ2) is 5.38. The van der Waals surface area contributed by atoms with Gasteiger partial charge in [0.15, 0.2) is 11.7 Å². The maximum Gasteiger partial charge on any atom is 0.266 e. The summed E-state index contributed by atoms with van der Waals surface area (Å²) in [6, 6.07) is 11.3. The Morgan fingerprint density at radius 3 is 2.59 bits per heavy atom. The Kier molecular flexibility index (Phi) is 3.09. The summed E-state index contributed by atoms with van der Waals surface area (Å²) >= 11 is 0. The van der Waals surface area contributed by atoms with Gasteiger partial charge >= 0.3 is 0 Å².